The van der Waals surface area contributed by atoms with Crippen molar-refractivity contribution in [2.45, 2.75) is 33.9 Å². The summed E-state index contributed by atoms with van der Waals surface area (Å²) in [5, 5.41) is 5.97. The molecule has 1 fully saturated rings. The number of aromatic carboxylic acids is 1. The molecule has 0 unspecified atom stereocenters. The van der Waals surface area contributed by atoms with E-state index in [-0.39, 0.29) is 9.92 Å². The number of carboxylic acid groups (broad SMARTS) is 1. The van der Waals surface area contributed by atoms with Gasteiger partial charge >= 0.3 is 11.4 Å². The normalized spacial score (nSPS) is 14.5. The molecule has 0 spiro atoms. The predicted octanol–water partition coefficient (Wildman–Crippen LogP) is 5.70. The van der Waals surface area contributed by atoms with Crippen molar-refractivity contribution in [3.05, 3.63) is 55.4 Å². The molecule has 138 valence electrons. The molecule has 3 rings (SSSR count). The van der Waals surface area contributed by atoms with Crippen molar-refractivity contribution < 1.29 is 18.7 Å². The number of nitrogens with one attached hydrogen (secondary N) is 1. The van der Waals surface area contributed by atoms with Gasteiger partial charge in [0.25, 0.3) is 5.56 Å². The van der Waals surface area contributed by atoms with E-state index in [1.54, 1.807) is 17.1 Å². The molecule has 2 aromatic rings. The van der Waals surface area contributed by atoms with Crippen LogP contribution in [0.15, 0.2) is 32.8 Å². The number of aromatic amines is 1. The number of halogens is 5. The summed E-state index contributed by atoms with van der Waals surface area (Å²) >= 11 is 18.3. The van der Waals surface area contributed by atoms with Gasteiger partial charge in [-0.2, -0.15) is 8.78 Å². The van der Waals surface area contributed by atoms with Crippen molar-refractivity contribution in [2.24, 2.45) is 0 Å². The molecular formula is C16H10Cl3F2NO3S. The maximum atomic E-state index is 13.4. The molecule has 0 bridgehead atoms. The second-order valence-corrected chi connectivity index (χ2v) is 8.02. The van der Waals surface area contributed by atoms with Crippen LogP contribution in [0.2, 0.25) is 10.0 Å². The van der Waals surface area contributed by atoms with E-state index in [2.05, 4.69) is 0 Å². The van der Waals surface area contributed by atoms with Crippen LogP contribution in [0.25, 0.3) is 0 Å². The van der Waals surface area contributed by atoms with Gasteiger partial charge in [0.1, 0.15) is 11.3 Å². The van der Waals surface area contributed by atoms with Gasteiger partial charge in [-0.3, -0.25) is 4.79 Å². The summed E-state index contributed by atoms with van der Waals surface area (Å²) in [4.78, 5) is 25.3. The molecule has 1 aliphatic carbocycles. The number of hydrogen-bond acceptors (Lipinski definition) is 3. The zero-order chi connectivity index (χ0) is 19.2. The minimum atomic E-state index is -3.87. The first-order valence-corrected chi connectivity index (χ1v) is 9.28. The van der Waals surface area contributed by atoms with Gasteiger partial charge in [-0.15, -0.1) is 0 Å². The number of rotatable bonds is 5. The highest BCUT2D eigenvalue weighted by Gasteiger charge is 2.33. The van der Waals surface area contributed by atoms with Crippen LogP contribution < -0.4 is 5.56 Å². The first-order chi connectivity index (χ1) is 12.1. The fraction of sp³-hybridized carbons (Fsp3) is 0.250. The summed E-state index contributed by atoms with van der Waals surface area (Å²) in [5.41, 5.74) is -1.95. The van der Waals surface area contributed by atoms with E-state index in [9.17, 15) is 23.5 Å². The Morgan fingerprint density at radius 3 is 2.50 bits per heavy atom. The van der Waals surface area contributed by atoms with Gasteiger partial charge in [0, 0.05) is 9.79 Å². The summed E-state index contributed by atoms with van der Waals surface area (Å²) in [5.74, 6) is -1.27. The molecule has 1 saturated carbocycles. The largest absolute Gasteiger partial charge is 0.477 e. The van der Waals surface area contributed by atoms with Crippen molar-refractivity contribution in [3.63, 3.8) is 0 Å². The van der Waals surface area contributed by atoms with Crippen LogP contribution in [-0.2, 0) is 5.38 Å². The van der Waals surface area contributed by atoms with E-state index >= 15 is 0 Å². The van der Waals surface area contributed by atoms with Crippen LogP contribution in [0, 0.1) is 0 Å². The van der Waals surface area contributed by atoms with Crippen LogP contribution in [-0.4, -0.2) is 16.1 Å². The van der Waals surface area contributed by atoms with Gasteiger partial charge in [-0.1, -0.05) is 41.0 Å². The lowest BCUT2D eigenvalue weighted by atomic mass is 10.1. The first kappa shape index (κ1) is 19.5. The van der Waals surface area contributed by atoms with Gasteiger partial charge in [0.05, 0.1) is 10.0 Å². The molecule has 10 heteroatoms. The van der Waals surface area contributed by atoms with Crippen LogP contribution in [0.3, 0.4) is 0 Å². The van der Waals surface area contributed by atoms with Crippen LogP contribution in [0.1, 0.15) is 40.4 Å². The van der Waals surface area contributed by atoms with Gasteiger partial charge in [0.15, 0.2) is 0 Å². The van der Waals surface area contributed by atoms with E-state index in [0.29, 0.717) is 15.8 Å². The van der Waals surface area contributed by atoms with Crippen LogP contribution >= 0.6 is 46.6 Å². The number of carboxylic acids is 1. The minimum Gasteiger partial charge on any atom is -0.477 e. The average molecular weight is 441 g/mol. The average Bonchev–Trinajstić information content (AvgIpc) is 3.34. The van der Waals surface area contributed by atoms with Crippen molar-refractivity contribution in [1.29, 1.82) is 0 Å². The fourth-order valence-corrected chi connectivity index (χ4v) is 4.34. The fourth-order valence-electron chi connectivity index (χ4n) is 2.43. The highest BCUT2D eigenvalue weighted by molar-refractivity contribution is 7.99. The zero-order valence-corrected chi connectivity index (χ0v) is 15.9. The Morgan fingerprint density at radius 1 is 1.31 bits per heavy atom. The summed E-state index contributed by atoms with van der Waals surface area (Å²) < 4.78 is 26.8. The van der Waals surface area contributed by atoms with E-state index < -0.39 is 28.2 Å². The number of carbonyl (C=O) groups is 1. The van der Waals surface area contributed by atoms with E-state index in [4.69, 9.17) is 34.8 Å². The number of hydrogen-bond donors (Lipinski definition) is 2. The molecule has 0 radical (unpaired) electrons. The molecule has 0 saturated heterocycles. The smallest absolute Gasteiger partial charge is 0.362 e. The third kappa shape index (κ3) is 3.86. The summed E-state index contributed by atoms with van der Waals surface area (Å²) in [6, 6.07) is 4.20. The van der Waals surface area contributed by atoms with Gasteiger partial charge in [-0.05, 0) is 48.1 Å². The topological polar surface area (TPSA) is 70.2 Å². The standard InChI is InChI=1S/C16H10Cl3F2NO3S/c17-8-4-3-7(6-1-2-6)12(18)13(8)26-9-5-10(16(19,20)21)22-14(23)11(9)15(24)25/h3-6H,1-2H2,(H,22,23)(H,24,25). The molecule has 1 aromatic heterocycles. The molecule has 0 atom stereocenters. The molecule has 0 aliphatic heterocycles. The zero-order valence-electron chi connectivity index (χ0n) is 12.8. The van der Waals surface area contributed by atoms with Crippen molar-refractivity contribution in [1.82, 2.24) is 4.98 Å². The van der Waals surface area contributed by atoms with Crippen molar-refractivity contribution in [3.8, 4) is 0 Å². The quantitative estimate of drug-likeness (QED) is 0.585. The number of aromatic nitrogens is 1. The molecule has 2 N–H and O–H groups in total. The van der Waals surface area contributed by atoms with Crippen molar-refractivity contribution >= 4 is 52.5 Å². The van der Waals surface area contributed by atoms with Crippen LogP contribution in [0.4, 0.5) is 8.78 Å². The molecule has 1 aromatic carbocycles. The Labute approximate surface area is 165 Å². The van der Waals surface area contributed by atoms with Gasteiger partial charge in [-0.25, -0.2) is 4.79 Å². The molecule has 1 heterocycles. The SMILES string of the molecule is O=C(O)c1c(Sc2c(Cl)ccc(C3CC3)c2Cl)cc(C(F)(F)Cl)[nH]c1=O. The molecule has 1 aliphatic rings. The third-order valence-corrected chi connectivity index (χ3v) is 6.14. The second kappa shape index (κ2) is 7.03. The molecule has 0 amide bonds. The molecule has 26 heavy (non-hydrogen) atoms. The van der Waals surface area contributed by atoms with E-state index in [1.165, 1.54) is 0 Å². The lowest BCUT2D eigenvalue weighted by molar-refractivity contribution is 0.0686. The summed E-state index contributed by atoms with van der Waals surface area (Å²) in [6.45, 7) is 0. The lowest BCUT2D eigenvalue weighted by Crippen LogP contribution is -2.23. The van der Waals surface area contributed by atoms with Crippen molar-refractivity contribution in [2.75, 3.05) is 0 Å². The highest BCUT2D eigenvalue weighted by Crippen LogP contribution is 2.49. The lowest BCUT2D eigenvalue weighted by Gasteiger charge is -2.14. The Kier molecular flexibility index (Phi) is 5.27. The monoisotopic (exact) mass is 439 g/mol. The minimum absolute atomic E-state index is 0.222. The second-order valence-electron chi connectivity index (χ2n) is 5.71. The van der Waals surface area contributed by atoms with Crippen LogP contribution in [0.5, 0.6) is 0 Å². The molecule has 4 nitrogen and oxygen atoms in total. The van der Waals surface area contributed by atoms with E-state index in [1.807, 2.05) is 0 Å². The van der Waals surface area contributed by atoms with Gasteiger partial charge < -0.3 is 10.1 Å². The first-order valence-electron chi connectivity index (χ1n) is 7.33. The number of H-pyrrole nitrogens is 1. The number of benzene rings is 1. The summed E-state index contributed by atoms with van der Waals surface area (Å²) in [6.07, 6.45) is 1.94. The Bertz CT molecular complexity index is 955. The Hall–Kier alpha value is -1.28. The molecular weight excluding hydrogens is 431 g/mol. The highest BCUT2D eigenvalue weighted by atomic mass is 35.5. The third-order valence-electron chi connectivity index (χ3n) is 3.82. The number of alkyl halides is 3. The van der Waals surface area contributed by atoms with E-state index in [0.717, 1.165) is 36.2 Å². The maximum Gasteiger partial charge on any atom is 0.362 e. The number of pyridine rings is 1. The maximum absolute atomic E-state index is 13.4. The Morgan fingerprint density at radius 2 is 1.96 bits per heavy atom. The Balaban J connectivity index is 2.15. The van der Waals surface area contributed by atoms with Gasteiger partial charge in [0.2, 0.25) is 0 Å². The summed E-state index contributed by atoms with van der Waals surface area (Å²) in [7, 11) is 0. The predicted molar refractivity (Wildman–Crippen MR) is 96.3 cm³/mol.